The number of β-amino-alcohol motifs (C(OH)–C–C–N with tert-alkyl or cyclic N) is 1. The van der Waals surface area contributed by atoms with Crippen molar-refractivity contribution in [1.29, 1.82) is 0 Å². The average Bonchev–Trinajstić information content (AvgIpc) is 3.47. The summed E-state index contributed by atoms with van der Waals surface area (Å²) < 4.78 is 20.5. The van der Waals surface area contributed by atoms with Crippen molar-refractivity contribution in [2.75, 3.05) is 51.4 Å². The smallest absolute Gasteiger partial charge is 0.329 e. The molecule has 0 bridgehead atoms. The highest BCUT2D eigenvalue weighted by atomic mass is 32.1. The first-order valence-electron chi connectivity index (χ1n) is 11.2. The number of hydrogen-bond donors (Lipinski definition) is 1. The quantitative estimate of drug-likeness (QED) is 0.663. The fraction of sp³-hybridized carbons (Fsp3) is 0.636. The molecule has 0 radical (unpaired) electrons. The van der Waals surface area contributed by atoms with Gasteiger partial charge in [-0.1, -0.05) is 5.57 Å². The summed E-state index contributed by atoms with van der Waals surface area (Å²) in [5.41, 5.74) is 2.00. The number of hydrogen-bond acceptors (Lipinski definition) is 10. The largest absolute Gasteiger partial charge is 0.496 e. The van der Waals surface area contributed by atoms with Crippen molar-refractivity contribution in [1.82, 2.24) is 14.3 Å². The van der Waals surface area contributed by atoms with Gasteiger partial charge in [0.15, 0.2) is 0 Å². The van der Waals surface area contributed by atoms with Crippen LogP contribution in [0.4, 0.5) is 5.13 Å². The SMILES string of the molecule is COc1nsc(N2CCOC3(CCN(C[C@H](O)C4C(=O)CC5=COCC5=C4C)CC3)C2=O)n1. The second-order valence-electron chi connectivity index (χ2n) is 8.97. The van der Waals surface area contributed by atoms with Crippen LogP contribution < -0.4 is 9.64 Å². The van der Waals surface area contributed by atoms with Gasteiger partial charge >= 0.3 is 6.01 Å². The highest BCUT2D eigenvalue weighted by Crippen LogP contribution is 2.38. The van der Waals surface area contributed by atoms with E-state index in [0.717, 1.165) is 28.3 Å². The molecule has 1 aliphatic carbocycles. The van der Waals surface area contributed by atoms with Gasteiger partial charge in [0.05, 0.1) is 38.5 Å². The van der Waals surface area contributed by atoms with Crippen LogP contribution in [-0.4, -0.2) is 89.3 Å². The minimum atomic E-state index is -0.891. The number of piperidine rings is 1. The highest BCUT2D eigenvalue weighted by molar-refractivity contribution is 7.10. The van der Waals surface area contributed by atoms with Crippen LogP contribution in [0.5, 0.6) is 6.01 Å². The Balaban J connectivity index is 1.23. The predicted molar refractivity (Wildman–Crippen MR) is 119 cm³/mol. The number of rotatable bonds is 5. The molecule has 4 heterocycles. The maximum Gasteiger partial charge on any atom is 0.329 e. The first kappa shape index (κ1) is 22.5. The van der Waals surface area contributed by atoms with E-state index in [2.05, 4.69) is 14.3 Å². The molecule has 11 heteroatoms. The average molecular weight is 477 g/mol. The van der Waals surface area contributed by atoms with Crippen LogP contribution in [0.2, 0.25) is 0 Å². The standard InChI is InChI=1S/C22H28N4O6S/c1-13-15-12-31-11-14(15)9-16(27)18(13)17(28)10-25-5-3-22(4-6-25)19(29)26(7-8-32-22)21-23-20(30-2)24-33-21/h11,17-18,28H,3-10,12H2,1-2H3/t17-,18?/m0/s1. The number of Topliss-reactive ketones (excluding diaryl/α,β-unsaturated/α-hetero) is 1. The molecule has 1 aromatic rings. The molecule has 33 heavy (non-hydrogen) atoms. The van der Waals surface area contributed by atoms with Crippen LogP contribution in [0.25, 0.3) is 0 Å². The Hall–Kier alpha value is -2.34. The molecular weight excluding hydrogens is 448 g/mol. The zero-order valence-corrected chi connectivity index (χ0v) is 19.6. The number of carbonyl (C=O) groups is 2. The Morgan fingerprint density at radius 2 is 2.12 bits per heavy atom. The molecule has 10 nitrogen and oxygen atoms in total. The normalized spacial score (nSPS) is 26.3. The molecule has 1 spiro atoms. The lowest BCUT2D eigenvalue weighted by molar-refractivity contribution is -0.158. The maximum absolute atomic E-state index is 13.3. The molecule has 1 amide bonds. The summed E-state index contributed by atoms with van der Waals surface area (Å²) in [7, 11) is 1.49. The molecule has 1 aromatic heterocycles. The highest BCUT2D eigenvalue weighted by Gasteiger charge is 2.49. The van der Waals surface area contributed by atoms with E-state index in [1.807, 2.05) is 6.92 Å². The number of nitrogens with zero attached hydrogens (tertiary/aromatic N) is 4. The van der Waals surface area contributed by atoms with Crippen LogP contribution in [0.15, 0.2) is 23.0 Å². The zero-order chi connectivity index (χ0) is 23.2. The number of fused-ring (bicyclic) bond motifs is 1. The van der Waals surface area contributed by atoms with Crippen molar-refractivity contribution in [2.45, 2.75) is 37.9 Å². The number of aliphatic hydroxyl groups is 1. The molecule has 4 aliphatic rings. The summed E-state index contributed by atoms with van der Waals surface area (Å²) >= 11 is 1.13. The Kier molecular flexibility index (Phi) is 5.98. The Morgan fingerprint density at radius 1 is 1.33 bits per heavy atom. The van der Waals surface area contributed by atoms with Crippen molar-refractivity contribution in [3.8, 4) is 6.01 Å². The summed E-state index contributed by atoms with van der Waals surface area (Å²) in [6.07, 6.45) is 2.21. The van der Waals surface area contributed by atoms with Crippen molar-refractivity contribution < 1.29 is 28.9 Å². The topological polar surface area (TPSA) is 114 Å². The number of amides is 1. The number of likely N-dealkylation sites (tertiary alicyclic amines) is 1. The summed E-state index contributed by atoms with van der Waals surface area (Å²) in [6, 6.07) is 0.251. The van der Waals surface area contributed by atoms with Crippen LogP contribution >= 0.6 is 11.5 Å². The third-order valence-corrected chi connectivity index (χ3v) is 7.85. The lowest BCUT2D eigenvalue weighted by Crippen LogP contribution is -2.61. The molecule has 2 atom stereocenters. The monoisotopic (exact) mass is 476 g/mol. The van der Waals surface area contributed by atoms with Gasteiger partial charge in [0.25, 0.3) is 5.91 Å². The first-order valence-corrected chi connectivity index (χ1v) is 12.0. The van der Waals surface area contributed by atoms with E-state index in [1.165, 1.54) is 7.11 Å². The Morgan fingerprint density at radius 3 is 2.85 bits per heavy atom. The second-order valence-corrected chi connectivity index (χ2v) is 9.70. The van der Waals surface area contributed by atoms with Gasteiger partial charge in [-0.2, -0.15) is 4.98 Å². The molecule has 2 saturated heterocycles. The van der Waals surface area contributed by atoms with Gasteiger partial charge in [0.1, 0.15) is 18.0 Å². The number of anilines is 1. The number of aromatic nitrogens is 2. The third kappa shape index (κ3) is 3.96. The van der Waals surface area contributed by atoms with Gasteiger partial charge in [-0.25, -0.2) is 0 Å². The lowest BCUT2D eigenvalue weighted by Gasteiger charge is -2.45. The summed E-state index contributed by atoms with van der Waals surface area (Å²) in [5, 5.41) is 11.5. The second kappa shape index (κ2) is 8.79. The van der Waals surface area contributed by atoms with E-state index in [4.69, 9.17) is 14.2 Å². The predicted octanol–water partition coefficient (Wildman–Crippen LogP) is 0.925. The van der Waals surface area contributed by atoms with Crippen molar-refractivity contribution in [3.63, 3.8) is 0 Å². The van der Waals surface area contributed by atoms with Gasteiger partial charge in [-0.3, -0.25) is 14.5 Å². The van der Waals surface area contributed by atoms with Crippen LogP contribution in [0.1, 0.15) is 26.2 Å². The molecule has 5 rings (SSSR count). The number of ether oxygens (including phenoxy) is 3. The maximum atomic E-state index is 13.3. The van der Waals surface area contributed by atoms with Gasteiger partial charge < -0.3 is 24.2 Å². The Labute approximate surface area is 196 Å². The minimum absolute atomic E-state index is 0.0305. The van der Waals surface area contributed by atoms with E-state index in [0.29, 0.717) is 63.8 Å². The van der Waals surface area contributed by atoms with Crippen molar-refractivity contribution in [2.24, 2.45) is 5.92 Å². The van der Waals surface area contributed by atoms with Gasteiger partial charge in [0.2, 0.25) is 5.13 Å². The fourth-order valence-electron chi connectivity index (χ4n) is 5.28. The molecule has 0 aromatic carbocycles. The third-order valence-electron chi connectivity index (χ3n) is 7.13. The molecule has 1 unspecified atom stereocenters. The summed E-state index contributed by atoms with van der Waals surface area (Å²) in [6.45, 7) is 4.82. The summed E-state index contributed by atoms with van der Waals surface area (Å²) in [5.74, 6) is -0.579. The number of carbonyl (C=O) groups excluding carboxylic acids is 2. The zero-order valence-electron chi connectivity index (χ0n) is 18.8. The summed E-state index contributed by atoms with van der Waals surface area (Å²) in [4.78, 5) is 34.1. The first-order chi connectivity index (χ1) is 15.9. The van der Waals surface area contributed by atoms with E-state index < -0.39 is 17.6 Å². The molecule has 0 saturated carbocycles. The van der Waals surface area contributed by atoms with Crippen LogP contribution in [0, 0.1) is 5.92 Å². The van der Waals surface area contributed by atoms with Gasteiger partial charge in [-0.15, -0.1) is 4.37 Å². The van der Waals surface area contributed by atoms with Crippen LogP contribution in [0.3, 0.4) is 0 Å². The lowest BCUT2D eigenvalue weighted by atomic mass is 9.77. The fourth-order valence-corrected chi connectivity index (χ4v) is 5.95. The molecule has 1 N–H and O–H groups in total. The van der Waals surface area contributed by atoms with Crippen molar-refractivity contribution in [3.05, 3.63) is 23.0 Å². The van der Waals surface area contributed by atoms with E-state index in [1.54, 1.807) is 11.2 Å². The number of ketones is 1. The van der Waals surface area contributed by atoms with E-state index in [-0.39, 0.29) is 17.7 Å². The molecule has 2 fully saturated rings. The minimum Gasteiger partial charge on any atom is -0.496 e. The number of morpholine rings is 1. The van der Waals surface area contributed by atoms with E-state index >= 15 is 0 Å². The number of methoxy groups -OCH3 is 1. The van der Waals surface area contributed by atoms with Crippen LogP contribution in [-0.2, 0) is 19.1 Å². The van der Waals surface area contributed by atoms with Gasteiger partial charge in [0, 0.05) is 43.2 Å². The number of aliphatic hydroxyl groups excluding tert-OH is 1. The van der Waals surface area contributed by atoms with Crippen molar-refractivity contribution >= 4 is 28.4 Å². The van der Waals surface area contributed by atoms with Gasteiger partial charge in [-0.05, 0) is 25.3 Å². The molecular formula is C22H28N4O6S. The molecule has 3 aliphatic heterocycles. The Bertz CT molecular complexity index is 1010. The van der Waals surface area contributed by atoms with E-state index in [9.17, 15) is 14.7 Å². The molecule has 178 valence electrons.